The number of piperazine rings is 1. The number of pyridine rings is 1. The molecule has 0 bridgehead atoms. The normalized spacial score (nSPS) is 22.0. The smallest absolute Gasteiger partial charge is 0.255 e. The highest BCUT2D eigenvalue weighted by Crippen LogP contribution is 2.17. The third-order valence-corrected chi connectivity index (χ3v) is 4.28. The molecule has 6 nitrogen and oxygen atoms in total. The molecule has 0 N–H and O–H groups in total. The number of carbonyl (C=O) groups is 2. The number of rotatable bonds is 2. The lowest BCUT2D eigenvalue weighted by Gasteiger charge is -2.35. The molecule has 0 spiro atoms. The zero-order valence-electron chi connectivity index (χ0n) is 12.2. The van der Waals surface area contributed by atoms with Gasteiger partial charge in [0.15, 0.2) is 0 Å². The molecule has 0 radical (unpaired) electrons. The van der Waals surface area contributed by atoms with Crippen molar-refractivity contribution in [1.82, 2.24) is 14.8 Å². The van der Waals surface area contributed by atoms with Gasteiger partial charge in [0.1, 0.15) is 11.3 Å². The van der Waals surface area contributed by atoms with Crippen molar-refractivity contribution in [3.63, 3.8) is 0 Å². The average Bonchev–Trinajstić information content (AvgIpc) is 3.09. The van der Waals surface area contributed by atoms with E-state index in [2.05, 4.69) is 4.98 Å². The minimum absolute atomic E-state index is 0.0535. The van der Waals surface area contributed by atoms with Crippen LogP contribution in [0.2, 0.25) is 5.15 Å². The number of halogens is 1. The summed E-state index contributed by atoms with van der Waals surface area (Å²) in [6.07, 6.45) is 2.93. The molecule has 0 aromatic carbocycles. The molecule has 2 aliphatic rings. The zero-order chi connectivity index (χ0) is 15.5. The van der Waals surface area contributed by atoms with Crippen molar-refractivity contribution in [3.05, 3.63) is 29.0 Å². The van der Waals surface area contributed by atoms with E-state index in [1.807, 2.05) is 0 Å². The van der Waals surface area contributed by atoms with Gasteiger partial charge in [0.05, 0.1) is 5.56 Å². The molecule has 1 aromatic rings. The number of amides is 2. The lowest BCUT2D eigenvalue weighted by atomic mass is 10.2. The van der Waals surface area contributed by atoms with Crippen LogP contribution in [0.4, 0.5) is 0 Å². The summed E-state index contributed by atoms with van der Waals surface area (Å²) in [5, 5.41) is 0.364. The van der Waals surface area contributed by atoms with Gasteiger partial charge in [-0.1, -0.05) is 11.6 Å². The van der Waals surface area contributed by atoms with Gasteiger partial charge < -0.3 is 14.5 Å². The van der Waals surface area contributed by atoms with E-state index < -0.39 is 0 Å². The summed E-state index contributed by atoms with van der Waals surface area (Å²) < 4.78 is 5.43. The number of carbonyl (C=O) groups excluding carboxylic acids is 2. The maximum Gasteiger partial charge on any atom is 0.255 e. The predicted molar refractivity (Wildman–Crippen MR) is 80.7 cm³/mol. The molecule has 22 heavy (non-hydrogen) atoms. The van der Waals surface area contributed by atoms with Crippen LogP contribution < -0.4 is 0 Å². The van der Waals surface area contributed by atoms with Gasteiger partial charge in [-0.2, -0.15) is 0 Å². The van der Waals surface area contributed by atoms with E-state index in [-0.39, 0.29) is 17.9 Å². The Morgan fingerprint density at radius 2 is 1.91 bits per heavy atom. The summed E-state index contributed by atoms with van der Waals surface area (Å²) in [7, 11) is 0. The van der Waals surface area contributed by atoms with Crippen LogP contribution in [0, 0.1) is 0 Å². The Kier molecular flexibility index (Phi) is 4.59. The Morgan fingerprint density at radius 1 is 1.18 bits per heavy atom. The fourth-order valence-corrected chi connectivity index (χ4v) is 2.90. The predicted octanol–water partition coefficient (Wildman–Crippen LogP) is 1.20. The highest BCUT2D eigenvalue weighted by atomic mass is 35.5. The summed E-state index contributed by atoms with van der Waals surface area (Å²) in [5.41, 5.74) is 0.517. The topological polar surface area (TPSA) is 62.7 Å². The Morgan fingerprint density at radius 3 is 2.50 bits per heavy atom. The van der Waals surface area contributed by atoms with Crippen molar-refractivity contribution in [2.75, 3.05) is 32.8 Å². The summed E-state index contributed by atoms with van der Waals surface area (Å²) in [6.45, 7) is 2.81. The fraction of sp³-hybridized carbons (Fsp3) is 0.533. The van der Waals surface area contributed by atoms with Gasteiger partial charge in [0.25, 0.3) is 11.8 Å². The van der Waals surface area contributed by atoms with E-state index in [0.717, 1.165) is 12.8 Å². The Labute approximate surface area is 134 Å². The molecule has 2 fully saturated rings. The van der Waals surface area contributed by atoms with Gasteiger partial charge in [-0.3, -0.25) is 9.59 Å². The third-order valence-electron chi connectivity index (χ3n) is 4.06. The summed E-state index contributed by atoms with van der Waals surface area (Å²) in [5.74, 6) is -0.0221. The van der Waals surface area contributed by atoms with Crippen molar-refractivity contribution in [1.29, 1.82) is 0 Å². The number of aromatic nitrogens is 1. The maximum absolute atomic E-state index is 12.4. The van der Waals surface area contributed by atoms with Gasteiger partial charge in [-0.15, -0.1) is 0 Å². The molecule has 3 heterocycles. The van der Waals surface area contributed by atoms with Crippen LogP contribution in [0.3, 0.4) is 0 Å². The van der Waals surface area contributed by atoms with Crippen molar-refractivity contribution in [3.8, 4) is 0 Å². The molecular weight excluding hydrogens is 306 g/mol. The van der Waals surface area contributed by atoms with Gasteiger partial charge >= 0.3 is 0 Å². The first kappa shape index (κ1) is 15.2. The molecule has 2 amide bonds. The van der Waals surface area contributed by atoms with E-state index in [1.165, 1.54) is 6.20 Å². The van der Waals surface area contributed by atoms with E-state index in [4.69, 9.17) is 16.3 Å². The Bertz CT molecular complexity index is 550. The lowest BCUT2D eigenvalue weighted by molar-refractivity contribution is -0.142. The lowest BCUT2D eigenvalue weighted by Crippen LogP contribution is -2.52. The van der Waals surface area contributed by atoms with Crippen LogP contribution in [0.15, 0.2) is 18.3 Å². The molecule has 3 rings (SSSR count). The second-order valence-corrected chi connectivity index (χ2v) is 5.88. The third kappa shape index (κ3) is 3.23. The minimum atomic E-state index is -0.289. The highest BCUT2D eigenvalue weighted by Gasteiger charge is 2.31. The summed E-state index contributed by atoms with van der Waals surface area (Å²) in [4.78, 5) is 32.1. The minimum Gasteiger partial charge on any atom is -0.368 e. The quantitative estimate of drug-likeness (QED) is 0.767. The van der Waals surface area contributed by atoms with Gasteiger partial charge in [0, 0.05) is 39.0 Å². The van der Waals surface area contributed by atoms with E-state index >= 15 is 0 Å². The maximum atomic E-state index is 12.4. The van der Waals surface area contributed by atoms with Crippen molar-refractivity contribution in [2.45, 2.75) is 18.9 Å². The van der Waals surface area contributed by atoms with Crippen LogP contribution in [0.25, 0.3) is 0 Å². The van der Waals surface area contributed by atoms with Crippen LogP contribution in [0.5, 0.6) is 0 Å². The first-order valence-electron chi connectivity index (χ1n) is 7.46. The van der Waals surface area contributed by atoms with E-state index in [1.54, 1.807) is 21.9 Å². The standard InChI is InChI=1S/C15H18ClN3O3/c16-13-4-3-11(10-17-13)14(20)18-5-7-19(8-6-18)15(21)12-2-1-9-22-12/h3-4,10,12H,1-2,5-9H2. The molecule has 1 unspecified atom stereocenters. The largest absolute Gasteiger partial charge is 0.368 e. The van der Waals surface area contributed by atoms with Gasteiger partial charge in [-0.25, -0.2) is 4.98 Å². The van der Waals surface area contributed by atoms with Crippen molar-refractivity contribution in [2.24, 2.45) is 0 Å². The van der Waals surface area contributed by atoms with Crippen LogP contribution >= 0.6 is 11.6 Å². The average molecular weight is 324 g/mol. The fourth-order valence-electron chi connectivity index (χ4n) is 2.79. The highest BCUT2D eigenvalue weighted by molar-refractivity contribution is 6.29. The number of ether oxygens (including phenoxy) is 1. The molecule has 0 aliphatic carbocycles. The summed E-state index contributed by atoms with van der Waals surface area (Å²) >= 11 is 5.73. The van der Waals surface area contributed by atoms with Gasteiger partial charge in [0.2, 0.25) is 0 Å². The molecule has 118 valence electrons. The van der Waals surface area contributed by atoms with Crippen molar-refractivity contribution < 1.29 is 14.3 Å². The SMILES string of the molecule is O=C(c1ccc(Cl)nc1)N1CCN(C(=O)C2CCCO2)CC1. The second-order valence-electron chi connectivity index (χ2n) is 5.49. The molecule has 2 saturated heterocycles. The second kappa shape index (κ2) is 6.62. The number of hydrogen-bond acceptors (Lipinski definition) is 4. The van der Waals surface area contributed by atoms with Crippen molar-refractivity contribution >= 4 is 23.4 Å². The molecule has 2 aliphatic heterocycles. The molecular formula is C15H18ClN3O3. The first-order valence-corrected chi connectivity index (χ1v) is 7.84. The molecule has 7 heteroatoms. The molecule has 0 saturated carbocycles. The Hall–Kier alpha value is -1.66. The zero-order valence-corrected chi connectivity index (χ0v) is 13.0. The molecule has 1 atom stereocenters. The number of hydrogen-bond donors (Lipinski definition) is 0. The number of nitrogens with zero attached hydrogens (tertiary/aromatic N) is 3. The molecule has 1 aromatic heterocycles. The van der Waals surface area contributed by atoms with Crippen LogP contribution in [0.1, 0.15) is 23.2 Å². The Balaban J connectivity index is 1.56. The monoisotopic (exact) mass is 323 g/mol. The summed E-state index contributed by atoms with van der Waals surface area (Å²) in [6, 6.07) is 3.27. The first-order chi connectivity index (χ1) is 10.6. The van der Waals surface area contributed by atoms with E-state index in [9.17, 15) is 9.59 Å². The van der Waals surface area contributed by atoms with E-state index in [0.29, 0.717) is 43.5 Å². The van der Waals surface area contributed by atoms with Crippen LogP contribution in [-0.2, 0) is 9.53 Å². The van der Waals surface area contributed by atoms with Crippen LogP contribution in [-0.4, -0.2) is 65.5 Å². The van der Waals surface area contributed by atoms with Gasteiger partial charge in [-0.05, 0) is 25.0 Å².